The second kappa shape index (κ2) is 7.74. The topological polar surface area (TPSA) is 59.0 Å². The number of rotatable bonds is 6. The molecule has 0 aromatic heterocycles. The molecule has 0 N–H and O–H groups in total. The van der Waals surface area contributed by atoms with Crippen molar-refractivity contribution in [2.75, 3.05) is 37.7 Å². The number of oxime groups is 1. The third-order valence-corrected chi connectivity index (χ3v) is 5.32. The van der Waals surface area contributed by atoms with Crippen LogP contribution in [0.3, 0.4) is 0 Å². The van der Waals surface area contributed by atoms with Gasteiger partial charge in [0.2, 0.25) is 0 Å². The Hall–Kier alpha value is -1.40. The highest BCUT2D eigenvalue weighted by Crippen LogP contribution is 2.10. The van der Waals surface area contributed by atoms with E-state index in [9.17, 15) is 8.42 Å². The molecule has 6 heteroatoms. The van der Waals surface area contributed by atoms with Gasteiger partial charge in [-0.2, -0.15) is 0 Å². The van der Waals surface area contributed by atoms with Gasteiger partial charge in [-0.15, -0.1) is 0 Å². The monoisotopic (exact) mass is 324 g/mol. The van der Waals surface area contributed by atoms with Crippen molar-refractivity contribution >= 4 is 15.5 Å². The average molecular weight is 324 g/mol. The molecule has 0 bridgehead atoms. The van der Waals surface area contributed by atoms with Crippen LogP contribution >= 0.6 is 0 Å². The molecule has 0 unspecified atom stereocenters. The summed E-state index contributed by atoms with van der Waals surface area (Å²) in [7, 11) is -2.82. The van der Waals surface area contributed by atoms with Gasteiger partial charge in [-0.1, -0.05) is 49.3 Å². The predicted octanol–water partition coefficient (Wildman–Crippen LogP) is 1.79. The average Bonchev–Trinajstić information content (AvgIpc) is 2.49. The van der Waals surface area contributed by atoms with E-state index in [1.165, 1.54) is 0 Å². The van der Waals surface area contributed by atoms with E-state index in [1.807, 2.05) is 30.3 Å². The summed E-state index contributed by atoms with van der Waals surface area (Å²) in [6.07, 6.45) is 0. The molecule has 1 aliphatic heterocycles. The molecule has 0 saturated carbocycles. The zero-order chi connectivity index (χ0) is 16.0. The Balaban J connectivity index is 1.83. The molecule has 2 rings (SSSR count). The summed E-state index contributed by atoms with van der Waals surface area (Å²) in [6.45, 7) is 6.54. The quantitative estimate of drug-likeness (QED) is 0.455. The zero-order valence-electron chi connectivity index (χ0n) is 13.2. The molecule has 1 heterocycles. The summed E-state index contributed by atoms with van der Waals surface area (Å²) >= 11 is 0. The lowest BCUT2D eigenvalue weighted by Crippen LogP contribution is -2.41. The molecule has 1 aromatic rings. The number of sulfone groups is 1. The highest BCUT2D eigenvalue weighted by Gasteiger charge is 2.21. The van der Waals surface area contributed by atoms with Crippen molar-refractivity contribution in [1.29, 1.82) is 0 Å². The van der Waals surface area contributed by atoms with Gasteiger partial charge in [-0.3, -0.25) is 4.90 Å². The van der Waals surface area contributed by atoms with Gasteiger partial charge >= 0.3 is 0 Å². The number of hydrogen-bond acceptors (Lipinski definition) is 5. The zero-order valence-corrected chi connectivity index (χ0v) is 14.1. The van der Waals surface area contributed by atoms with Crippen LogP contribution in [-0.4, -0.2) is 56.8 Å². The van der Waals surface area contributed by atoms with E-state index in [1.54, 1.807) is 0 Å². The molecule has 0 amide bonds. The van der Waals surface area contributed by atoms with E-state index in [0.29, 0.717) is 26.2 Å². The number of nitrogens with zero attached hydrogens (tertiary/aromatic N) is 2. The lowest BCUT2D eigenvalue weighted by atomic mass is 10.0. The van der Waals surface area contributed by atoms with Crippen LogP contribution in [0, 0.1) is 5.92 Å². The maximum atomic E-state index is 11.4. The minimum absolute atomic E-state index is 0.248. The van der Waals surface area contributed by atoms with E-state index in [4.69, 9.17) is 4.84 Å². The molecule has 5 nitrogen and oxygen atoms in total. The third-order valence-electron chi connectivity index (χ3n) is 3.72. The van der Waals surface area contributed by atoms with Crippen molar-refractivity contribution in [1.82, 2.24) is 4.90 Å². The standard InChI is InChI=1S/C16H24N2O3S/c1-14(2)16(15-6-4-3-5-7-15)17-21-11-8-18-9-12-22(19,20)13-10-18/h3-7,14H,8-13H2,1-2H3/b17-16-. The van der Waals surface area contributed by atoms with Gasteiger partial charge in [-0.25, -0.2) is 8.42 Å². The molecule has 1 aromatic carbocycles. The maximum Gasteiger partial charge on any atom is 0.152 e. The molecule has 0 aliphatic carbocycles. The van der Waals surface area contributed by atoms with E-state index in [2.05, 4.69) is 23.9 Å². The Morgan fingerprint density at radius 1 is 1.23 bits per heavy atom. The van der Waals surface area contributed by atoms with Crippen molar-refractivity contribution in [3.05, 3.63) is 35.9 Å². The van der Waals surface area contributed by atoms with E-state index in [0.717, 1.165) is 11.3 Å². The second-order valence-electron chi connectivity index (χ2n) is 5.82. The van der Waals surface area contributed by atoms with Crippen molar-refractivity contribution in [3.8, 4) is 0 Å². The van der Waals surface area contributed by atoms with Crippen LogP contribution in [0.1, 0.15) is 19.4 Å². The number of benzene rings is 1. The first-order valence-corrected chi connectivity index (χ1v) is 9.48. The summed E-state index contributed by atoms with van der Waals surface area (Å²) < 4.78 is 22.7. The lowest BCUT2D eigenvalue weighted by Gasteiger charge is -2.25. The fourth-order valence-electron chi connectivity index (χ4n) is 2.36. The highest BCUT2D eigenvalue weighted by molar-refractivity contribution is 7.91. The van der Waals surface area contributed by atoms with Crippen LogP contribution in [0.25, 0.3) is 0 Å². The summed E-state index contributed by atoms with van der Waals surface area (Å²) in [5, 5.41) is 4.28. The third kappa shape index (κ3) is 5.10. The summed E-state index contributed by atoms with van der Waals surface area (Å²) in [5.41, 5.74) is 2.00. The molecule has 1 saturated heterocycles. The van der Waals surface area contributed by atoms with Crippen LogP contribution in [-0.2, 0) is 14.7 Å². The first-order chi connectivity index (χ1) is 10.5. The van der Waals surface area contributed by atoms with Gasteiger partial charge in [0.15, 0.2) is 9.84 Å². The molecule has 0 atom stereocenters. The van der Waals surface area contributed by atoms with Crippen LogP contribution in [0.4, 0.5) is 0 Å². The van der Waals surface area contributed by atoms with Crippen LogP contribution in [0.15, 0.2) is 35.5 Å². The fourth-order valence-corrected chi connectivity index (χ4v) is 3.64. The molecule has 22 heavy (non-hydrogen) atoms. The van der Waals surface area contributed by atoms with Crippen LogP contribution in [0.5, 0.6) is 0 Å². The molecular weight excluding hydrogens is 300 g/mol. The van der Waals surface area contributed by atoms with Gasteiger partial charge < -0.3 is 4.84 Å². The second-order valence-corrected chi connectivity index (χ2v) is 8.13. The normalized spacial score (nSPS) is 19.3. The van der Waals surface area contributed by atoms with Crippen molar-refractivity contribution in [2.24, 2.45) is 11.1 Å². The fraction of sp³-hybridized carbons (Fsp3) is 0.562. The highest BCUT2D eigenvalue weighted by atomic mass is 32.2. The maximum absolute atomic E-state index is 11.4. The smallest absolute Gasteiger partial charge is 0.152 e. The Morgan fingerprint density at radius 3 is 2.45 bits per heavy atom. The van der Waals surface area contributed by atoms with E-state index < -0.39 is 9.84 Å². The lowest BCUT2D eigenvalue weighted by molar-refractivity contribution is 0.113. The SMILES string of the molecule is CC(C)/C(=N/OCCN1CCS(=O)(=O)CC1)c1ccccc1. The minimum atomic E-state index is -2.82. The Morgan fingerprint density at radius 2 is 1.86 bits per heavy atom. The minimum Gasteiger partial charge on any atom is -0.394 e. The Kier molecular flexibility index (Phi) is 5.97. The first-order valence-electron chi connectivity index (χ1n) is 7.66. The Bertz CT molecular complexity index is 583. The molecular formula is C16H24N2O3S. The summed E-state index contributed by atoms with van der Waals surface area (Å²) in [5.74, 6) is 0.775. The van der Waals surface area contributed by atoms with E-state index in [-0.39, 0.29) is 17.4 Å². The summed E-state index contributed by atoms with van der Waals surface area (Å²) in [4.78, 5) is 7.57. The van der Waals surface area contributed by atoms with Crippen molar-refractivity contribution < 1.29 is 13.3 Å². The predicted molar refractivity (Wildman–Crippen MR) is 88.9 cm³/mol. The van der Waals surface area contributed by atoms with Gasteiger partial charge in [0, 0.05) is 19.6 Å². The van der Waals surface area contributed by atoms with Gasteiger partial charge in [-0.05, 0) is 11.5 Å². The van der Waals surface area contributed by atoms with Gasteiger partial charge in [0.05, 0.1) is 17.2 Å². The number of hydrogen-bond donors (Lipinski definition) is 0. The van der Waals surface area contributed by atoms with E-state index >= 15 is 0 Å². The van der Waals surface area contributed by atoms with Gasteiger partial charge in [0.1, 0.15) is 6.61 Å². The van der Waals surface area contributed by atoms with Crippen LogP contribution < -0.4 is 0 Å². The molecule has 122 valence electrons. The molecule has 1 fully saturated rings. The first kappa shape index (κ1) is 17.0. The van der Waals surface area contributed by atoms with Gasteiger partial charge in [0.25, 0.3) is 0 Å². The van der Waals surface area contributed by atoms with Crippen molar-refractivity contribution in [2.45, 2.75) is 13.8 Å². The molecule has 0 spiro atoms. The summed E-state index contributed by atoms with van der Waals surface area (Å²) in [6, 6.07) is 10.0. The largest absolute Gasteiger partial charge is 0.394 e. The molecule has 0 radical (unpaired) electrons. The molecule has 1 aliphatic rings. The van der Waals surface area contributed by atoms with Crippen molar-refractivity contribution in [3.63, 3.8) is 0 Å². The Labute approximate surface area is 132 Å². The van der Waals surface area contributed by atoms with Crippen LogP contribution in [0.2, 0.25) is 0 Å².